The lowest BCUT2D eigenvalue weighted by atomic mass is 10.0. The fourth-order valence-electron chi connectivity index (χ4n) is 3.33. The monoisotopic (exact) mass is 356 g/mol. The van der Waals surface area contributed by atoms with Crippen molar-refractivity contribution in [1.29, 1.82) is 0 Å². The van der Waals surface area contributed by atoms with Crippen LogP contribution >= 0.6 is 0 Å². The summed E-state index contributed by atoms with van der Waals surface area (Å²) >= 11 is 0. The smallest absolute Gasteiger partial charge is 0.253 e. The Morgan fingerprint density at radius 3 is 2.46 bits per heavy atom. The molecule has 2 heterocycles. The Labute approximate surface area is 155 Å². The van der Waals surface area contributed by atoms with E-state index in [1.54, 1.807) is 12.7 Å². The second-order valence-electron chi connectivity index (χ2n) is 7.25. The summed E-state index contributed by atoms with van der Waals surface area (Å²) in [5.74, 6) is 0.117. The molecule has 1 amide bonds. The number of rotatable bonds is 6. The highest BCUT2D eigenvalue weighted by Crippen LogP contribution is 2.18. The van der Waals surface area contributed by atoms with E-state index in [1.165, 1.54) is 0 Å². The molecule has 0 spiro atoms. The molecule has 140 valence electrons. The van der Waals surface area contributed by atoms with E-state index >= 15 is 0 Å². The summed E-state index contributed by atoms with van der Waals surface area (Å²) in [5.41, 5.74) is 1.69. The number of amides is 1. The third kappa shape index (κ3) is 4.47. The molecule has 1 aliphatic heterocycles. The van der Waals surface area contributed by atoms with Crippen molar-refractivity contribution in [2.24, 2.45) is 0 Å². The average molecular weight is 356 g/mol. The minimum absolute atomic E-state index is 0.117. The molecule has 1 aliphatic rings. The van der Waals surface area contributed by atoms with Crippen LogP contribution in [0.5, 0.6) is 0 Å². The number of nitrogens with zero attached hydrogens (tertiary/aromatic N) is 6. The molecule has 2 aromatic rings. The second-order valence-corrected chi connectivity index (χ2v) is 7.25. The Morgan fingerprint density at radius 2 is 1.81 bits per heavy atom. The molecule has 0 N–H and O–H groups in total. The van der Waals surface area contributed by atoms with Gasteiger partial charge in [-0.05, 0) is 58.3 Å². The second kappa shape index (κ2) is 8.42. The fourth-order valence-corrected chi connectivity index (χ4v) is 3.33. The van der Waals surface area contributed by atoms with Crippen molar-refractivity contribution in [3.8, 4) is 5.69 Å². The van der Waals surface area contributed by atoms with E-state index in [0.29, 0.717) is 6.04 Å². The standard InChI is InChI=1S/C19H28N6O/c1-22(2)11-12-23(3)18-5-4-10-24(13-18)19(26)16-6-8-17(9-7-16)25-14-20-21-15-25/h6-9,14-15,18H,4-5,10-13H2,1-3H3/t18-/m1/s1. The van der Waals surface area contributed by atoms with Gasteiger partial charge in [0.25, 0.3) is 5.91 Å². The largest absolute Gasteiger partial charge is 0.337 e. The molecule has 1 aromatic heterocycles. The van der Waals surface area contributed by atoms with Crippen molar-refractivity contribution in [2.75, 3.05) is 47.3 Å². The number of likely N-dealkylation sites (tertiary alicyclic amines) is 1. The van der Waals surface area contributed by atoms with Crippen LogP contribution in [0.3, 0.4) is 0 Å². The van der Waals surface area contributed by atoms with Crippen LogP contribution in [0.1, 0.15) is 23.2 Å². The molecule has 0 bridgehead atoms. The van der Waals surface area contributed by atoms with Crippen LogP contribution < -0.4 is 0 Å². The summed E-state index contributed by atoms with van der Waals surface area (Å²) in [6.07, 6.45) is 5.51. The molecular formula is C19H28N6O. The summed E-state index contributed by atoms with van der Waals surface area (Å²) < 4.78 is 1.82. The van der Waals surface area contributed by atoms with Crippen LogP contribution in [-0.4, -0.2) is 88.7 Å². The summed E-state index contributed by atoms with van der Waals surface area (Å²) in [4.78, 5) is 19.5. The molecule has 1 saturated heterocycles. The number of carbonyl (C=O) groups excluding carboxylic acids is 1. The van der Waals surface area contributed by atoms with Crippen LogP contribution in [0.4, 0.5) is 0 Å². The van der Waals surface area contributed by atoms with E-state index in [9.17, 15) is 4.79 Å². The number of aromatic nitrogens is 3. The number of piperidine rings is 1. The van der Waals surface area contributed by atoms with Crippen LogP contribution in [0.2, 0.25) is 0 Å². The molecule has 0 saturated carbocycles. The van der Waals surface area contributed by atoms with Gasteiger partial charge < -0.3 is 14.7 Å². The predicted molar refractivity (Wildman–Crippen MR) is 101 cm³/mol. The molecule has 1 fully saturated rings. The Morgan fingerprint density at radius 1 is 1.12 bits per heavy atom. The molecule has 0 aliphatic carbocycles. The first-order chi connectivity index (χ1) is 12.5. The number of carbonyl (C=O) groups is 1. The van der Waals surface area contributed by atoms with Gasteiger partial charge in [0.1, 0.15) is 12.7 Å². The first kappa shape index (κ1) is 18.5. The van der Waals surface area contributed by atoms with E-state index in [4.69, 9.17) is 0 Å². The van der Waals surface area contributed by atoms with Crippen molar-refractivity contribution in [3.05, 3.63) is 42.5 Å². The maximum absolute atomic E-state index is 12.9. The van der Waals surface area contributed by atoms with E-state index in [0.717, 1.165) is 50.3 Å². The van der Waals surface area contributed by atoms with Crippen LogP contribution in [0.15, 0.2) is 36.9 Å². The Kier molecular flexibility index (Phi) is 6.00. The normalized spacial score (nSPS) is 17.9. The summed E-state index contributed by atoms with van der Waals surface area (Å²) in [7, 11) is 6.35. The highest BCUT2D eigenvalue weighted by molar-refractivity contribution is 5.94. The van der Waals surface area contributed by atoms with Crippen molar-refractivity contribution in [3.63, 3.8) is 0 Å². The Balaban J connectivity index is 1.62. The fraction of sp³-hybridized carbons (Fsp3) is 0.526. The first-order valence-corrected chi connectivity index (χ1v) is 9.14. The topological polar surface area (TPSA) is 57.5 Å². The lowest BCUT2D eigenvalue weighted by Gasteiger charge is -2.38. The highest BCUT2D eigenvalue weighted by atomic mass is 16.2. The maximum atomic E-state index is 12.9. The maximum Gasteiger partial charge on any atom is 0.253 e. The van der Waals surface area contributed by atoms with Crippen molar-refractivity contribution >= 4 is 5.91 Å². The van der Waals surface area contributed by atoms with Gasteiger partial charge in [-0.3, -0.25) is 9.36 Å². The number of likely N-dealkylation sites (N-methyl/N-ethyl adjacent to an activating group) is 2. The lowest BCUT2D eigenvalue weighted by Crippen LogP contribution is -2.49. The van der Waals surface area contributed by atoms with Gasteiger partial charge in [-0.25, -0.2) is 0 Å². The average Bonchev–Trinajstić information content (AvgIpc) is 3.20. The minimum Gasteiger partial charge on any atom is -0.337 e. The van der Waals surface area contributed by atoms with Crippen molar-refractivity contribution in [2.45, 2.75) is 18.9 Å². The van der Waals surface area contributed by atoms with Gasteiger partial charge in [-0.15, -0.1) is 10.2 Å². The Bertz CT molecular complexity index is 697. The van der Waals surface area contributed by atoms with Gasteiger partial charge in [0.2, 0.25) is 0 Å². The van der Waals surface area contributed by atoms with Gasteiger partial charge in [0.15, 0.2) is 0 Å². The predicted octanol–water partition coefficient (Wildman–Crippen LogP) is 1.37. The summed E-state index contributed by atoms with van der Waals surface area (Å²) in [6, 6.07) is 8.07. The molecule has 1 aromatic carbocycles. The molecule has 7 nitrogen and oxygen atoms in total. The van der Waals surface area contributed by atoms with Gasteiger partial charge >= 0.3 is 0 Å². The van der Waals surface area contributed by atoms with Crippen LogP contribution in [0.25, 0.3) is 5.69 Å². The molecular weight excluding hydrogens is 328 g/mol. The van der Waals surface area contributed by atoms with Crippen molar-refractivity contribution in [1.82, 2.24) is 29.5 Å². The minimum atomic E-state index is 0.117. The highest BCUT2D eigenvalue weighted by Gasteiger charge is 2.26. The van der Waals surface area contributed by atoms with Gasteiger partial charge in [-0.2, -0.15) is 0 Å². The van der Waals surface area contributed by atoms with E-state index in [2.05, 4.69) is 41.1 Å². The molecule has 26 heavy (non-hydrogen) atoms. The lowest BCUT2D eigenvalue weighted by molar-refractivity contribution is 0.0603. The molecule has 0 unspecified atom stereocenters. The van der Waals surface area contributed by atoms with E-state index in [1.807, 2.05) is 33.7 Å². The van der Waals surface area contributed by atoms with E-state index in [-0.39, 0.29) is 5.91 Å². The van der Waals surface area contributed by atoms with Crippen LogP contribution in [0, 0.1) is 0 Å². The zero-order valence-corrected chi connectivity index (χ0v) is 15.9. The van der Waals surface area contributed by atoms with Gasteiger partial charge in [-0.1, -0.05) is 0 Å². The number of hydrogen-bond acceptors (Lipinski definition) is 5. The summed E-state index contributed by atoms with van der Waals surface area (Å²) in [6.45, 7) is 3.69. The zero-order valence-electron chi connectivity index (χ0n) is 15.9. The van der Waals surface area contributed by atoms with Gasteiger partial charge in [0.05, 0.1) is 0 Å². The molecule has 1 atom stereocenters. The van der Waals surface area contributed by atoms with Crippen molar-refractivity contribution < 1.29 is 4.79 Å². The molecule has 7 heteroatoms. The summed E-state index contributed by atoms with van der Waals surface area (Å²) in [5, 5.41) is 7.62. The SMILES string of the molecule is CN(C)CCN(C)[C@@H]1CCCN(C(=O)c2ccc(-n3cnnc3)cc2)C1. The Hall–Kier alpha value is -2.25. The third-order valence-corrected chi connectivity index (χ3v) is 5.04. The molecule has 3 rings (SSSR count). The van der Waals surface area contributed by atoms with E-state index < -0.39 is 0 Å². The quantitative estimate of drug-likeness (QED) is 0.782. The number of benzene rings is 1. The van der Waals surface area contributed by atoms with Crippen LogP contribution in [-0.2, 0) is 0 Å². The number of hydrogen-bond donors (Lipinski definition) is 0. The zero-order chi connectivity index (χ0) is 18.5. The van der Waals surface area contributed by atoms with Gasteiger partial charge in [0, 0.05) is 43.5 Å². The third-order valence-electron chi connectivity index (χ3n) is 5.04. The first-order valence-electron chi connectivity index (χ1n) is 9.14. The molecule has 0 radical (unpaired) electrons.